The van der Waals surface area contributed by atoms with Crippen molar-refractivity contribution in [3.05, 3.63) is 46.3 Å². The molecule has 1 saturated heterocycles. The lowest BCUT2D eigenvalue weighted by molar-refractivity contribution is 0.0956. The lowest BCUT2D eigenvalue weighted by atomic mass is 10.2. The van der Waals surface area contributed by atoms with Crippen molar-refractivity contribution in [2.75, 3.05) is 30.3 Å². The maximum Gasteiger partial charge on any atom is 0.255 e. The summed E-state index contributed by atoms with van der Waals surface area (Å²) in [7, 11) is 0. The van der Waals surface area contributed by atoms with E-state index in [1.165, 1.54) is 17.7 Å². The number of thioether (sulfide) groups is 1. The van der Waals surface area contributed by atoms with Gasteiger partial charge in [-0.1, -0.05) is 6.07 Å². The molecule has 0 aliphatic carbocycles. The average Bonchev–Trinajstić information content (AvgIpc) is 3.28. The Morgan fingerprint density at radius 2 is 2.17 bits per heavy atom. The minimum atomic E-state index is -0.0169. The van der Waals surface area contributed by atoms with Crippen molar-refractivity contribution in [2.45, 2.75) is 18.6 Å². The fraction of sp³-hybridized carbons (Fsp3) is 0.412. The minimum Gasteiger partial charge on any atom is -0.356 e. The second-order valence-corrected chi connectivity index (χ2v) is 7.59. The first kappa shape index (κ1) is 16.3. The first-order valence-electron chi connectivity index (χ1n) is 7.93. The Labute approximate surface area is 145 Å². The molecular weight excluding hydrogens is 326 g/mol. The van der Waals surface area contributed by atoms with Gasteiger partial charge in [0.15, 0.2) is 0 Å². The highest BCUT2D eigenvalue weighted by molar-refractivity contribution is 7.98. The van der Waals surface area contributed by atoms with Crippen molar-refractivity contribution in [2.24, 2.45) is 0 Å². The number of pyridine rings is 1. The number of hydrogen-bond acceptors (Lipinski definition) is 5. The molecule has 3 heterocycles. The first-order valence-corrected chi connectivity index (χ1v) is 9.96. The summed E-state index contributed by atoms with van der Waals surface area (Å²) in [5, 5.41) is 5.12. The topological polar surface area (TPSA) is 45.2 Å². The van der Waals surface area contributed by atoms with Crippen LogP contribution in [-0.4, -0.2) is 36.3 Å². The van der Waals surface area contributed by atoms with E-state index in [2.05, 4.69) is 32.7 Å². The highest BCUT2D eigenvalue weighted by Crippen LogP contribution is 2.22. The Bertz CT molecular complexity index is 625. The van der Waals surface area contributed by atoms with Crippen LogP contribution >= 0.6 is 23.1 Å². The van der Waals surface area contributed by atoms with E-state index >= 15 is 0 Å². The summed E-state index contributed by atoms with van der Waals surface area (Å²) in [5.41, 5.74) is 0.692. The predicted octanol–water partition coefficient (Wildman–Crippen LogP) is 3.41. The van der Waals surface area contributed by atoms with Gasteiger partial charge in [-0.25, -0.2) is 4.98 Å². The van der Waals surface area contributed by atoms with Gasteiger partial charge in [0.25, 0.3) is 5.91 Å². The van der Waals surface area contributed by atoms with Crippen LogP contribution in [-0.2, 0) is 5.75 Å². The fourth-order valence-corrected chi connectivity index (χ4v) is 4.35. The number of nitrogens with one attached hydrogen (secondary N) is 1. The van der Waals surface area contributed by atoms with Crippen LogP contribution in [0.25, 0.3) is 0 Å². The van der Waals surface area contributed by atoms with E-state index in [0.717, 1.165) is 30.4 Å². The molecule has 1 aliphatic heterocycles. The van der Waals surface area contributed by atoms with Crippen molar-refractivity contribution in [1.82, 2.24) is 10.3 Å². The molecule has 0 radical (unpaired) electrons. The molecule has 1 N–H and O–H groups in total. The second kappa shape index (κ2) is 8.36. The van der Waals surface area contributed by atoms with Gasteiger partial charge in [-0.15, -0.1) is 11.3 Å². The zero-order valence-electron chi connectivity index (χ0n) is 13.0. The van der Waals surface area contributed by atoms with Crippen molar-refractivity contribution in [1.29, 1.82) is 0 Å². The number of amides is 1. The van der Waals surface area contributed by atoms with Crippen LogP contribution in [0.2, 0.25) is 0 Å². The zero-order chi connectivity index (χ0) is 15.9. The fourth-order valence-electron chi connectivity index (χ4n) is 2.65. The van der Waals surface area contributed by atoms with E-state index in [1.54, 1.807) is 17.5 Å². The molecular formula is C17H21N3OS2. The molecule has 0 aromatic carbocycles. The molecule has 2 aromatic rings. The first-order chi connectivity index (χ1) is 11.3. The maximum atomic E-state index is 12.4. The molecule has 0 saturated carbocycles. The summed E-state index contributed by atoms with van der Waals surface area (Å²) in [4.78, 5) is 20.4. The van der Waals surface area contributed by atoms with Crippen LogP contribution in [0.15, 0.2) is 35.8 Å². The Balaban J connectivity index is 1.48. The predicted molar refractivity (Wildman–Crippen MR) is 98.5 cm³/mol. The monoisotopic (exact) mass is 347 g/mol. The molecule has 0 atom stereocenters. The number of thiophene rings is 1. The molecule has 0 spiro atoms. The highest BCUT2D eigenvalue weighted by atomic mass is 32.2. The summed E-state index contributed by atoms with van der Waals surface area (Å²) in [6.07, 6.45) is 4.12. The third-order valence-corrected chi connectivity index (χ3v) is 5.86. The van der Waals surface area contributed by atoms with Gasteiger partial charge in [0, 0.05) is 42.2 Å². The summed E-state index contributed by atoms with van der Waals surface area (Å²) < 4.78 is 0. The van der Waals surface area contributed by atoms with E-state index in [-0.39, 0.29) is 5.91 Å². The van der Waals surface area contributed by atoms with E-state index in [1.807, 2.05) is 23.9 Å². The molecule has 1 fully saturated rings. The second-order valence-electron chi connectivity index (χ2n) is 5.46. The molecule has 1 amide bonds. The molecule has 4 nitrogen and oxygen atoms in total. The van der Waals surface area contributed by atoms with Gasteiger partial charge in [0.1, 0.15) is 5.82 Å². The van der Waals surface area contributed by atoms with Gasteiger partial charge in [-0.05, 0) is 36.4 Å². The number of hydrogen-bond donors (Lipinski definition) is 1. The molecule has 122 valence electrons. The number of carbonyl (C=O) groups is 1. The summed E-state index contributed by atoms with van der Waals surface area (Å²) >= 11 is 3.63. The lowest BCUT2D eigenvalue weighted by Gasteiger charge is -2.19. The summed E-state index contributed by atoms with van der Waals surface area (Å²) in [6.45, 7) is 2.67. The standard InChI is InChI=1S/C17H21N3OS2/c21-17(19-8-12-22-13-14-5-4-11-23-14)15-6-3-7-18-16(15)20-9-1-2-10-20/h3-7,11H,1-2,8-10,12-13H2,(H,19,21). The quantitative estimate of drug-likeness (QED) is 0.780. The van der Waals surface area contributed by atoms with Crippen LogP contribution in [0, 0.1) is 0 Å². The van der Waals surface area contributed by atoms with Gasteiger partial charge in [0.2, 0.25) is 0 Å². The minimum absolute atomic E-state index is 0.0169. The Morgan fingerprint density at radius 1 is 1.30 bits per heavy atom. The zero-order valence-corrected chi connectivity index (χ0v) is 14.7. The van der Waals surface area contributed by atoms with Gasteiger partial charge in [-0.2, -0.15) is 11.8 Å². The van der Waals surface area contributed by atoms with Gasteiger partial charge in [-0.3, -0.25) is 4.79 Å². The van der Waals surface area contributed by atoms with E-state index in [4.69, 9.17) is 0 Å². The van der Waals surface area contributed by atoms with Gasteiger partial charge in [0.05, 0.1) is 5.56 Å². The molecule has 3 rings (SSSR count). The molecule has 23 heavy (non-hydrogen) atoms. The SMILES string of the molecule is O=C(NCCSCc1cccs1)c1cccnc1N1CCCC1. The Hall–Kier alpha value is -1.53. The number of nitrogens with zero attached hydrogens (tertiary/aromatic N) is 2. The molecule has 2 aromatic heterocycles. The van der Waals surface area contributed by atoms with Crippen LogP contribution < -0.4 is 10.2 Å². The van der Waals surface area contributed by atoms with E-state index in [0.29, 0.717) is 12.1 Å². The van der Waals surface area contributed by atoms with Crippen LogP contribution in [0.5, 0.6) is 0 Å². The lowest BCUT2D eigenvalue weighted by Crippen LogP contribution is -2.29. The summed E-state index contributed by atoms with van der Waals surface area (Å²) in [5.74, 6) is 2.74. The normalized spacial score (nSPS) is 14.2. The Kier molecular flexibility index (Phi) is 5.93. The maximum absolute atomic E-state index is 12.4. The molecule has 6 heteroatoms. The van der Waals surface area contributed by atoms with Crippen molar-refractivity contribution in [3.63, 3.8) is 0 Å². The van der Waals surface area contributed by atoms with Crippen molar-refractivity contribution in [3.8, 4) is 0 Å². The largest absolute Gasteiger partial charge is 0.356 e. The number of carbonyl (C=O) groups excluding carboxylic acids is 1. The van der Waals surface area contributed by atoms with Crippen molar-refractivity contribution >= 4 is 34.8 Å². The highest BCUT2D eigenvalue weighted by Gasteiger charge is 2.20. The molecule has 0 bridgehead atoms. The van der Waals surface area contributed by atoms with E-state index < -0.39 is 0 Å². The van der Waals surface area contributed by atoms with Crippen LogP contribution in [0.1, 0.15) is 28.1 Å². The molecule has 0 unspecified atom stereocenters. The Morgan fingerprint density at radius 3 is 2.96 bits per heavy atom. The van der Waals surface area contributed by atoms with E-state index in [9.17, 15) is 4.79 Å². The summed E-state index contributed by atoms with van der Waals surface area (Å²) in [6, 6.07) is 7.92. The number of anilines is 1. The van der Waals surface area contributed by atoms with Crippen molar-refractivity contribution < 1.29 is 4.79 Å². The number of rotatable bonds is 7. The average molecular weight is 348 g/mol. The van der Waals surface area contributed by atoms with Crippen LogP contribution in [0.4, 0.5) is 5.82 Å². The van der Waals surface area contributed by atoms with Gasteiger partial charge < -0.3 is 10.2 Å². The third-order valence-electron chi connectivity index (χ3n) is 3.79. The smallest absolute Gasteiger partial charge is 0.255 e. The number of aromatic nitrogens is 1. The van der Waals surface area contributed by atoms with Crippen LogP contribution in [0.3, 0.4) is 0 Å². The van der Waals surface area contributed by atoms with Gasteiger partial charge >= 0.3 is 0 Å². The third kappa shape index (κ3) is 4.48. The molecule has 1 aliphatic rings.